The van der Waals surface area contributed by atoms with Crippen molar-refractivity contribution in [1.29, 1.82) is 0 Å². The van der Waals surface area contributed by atoms with Crippen molar-refractivity contribution in [3.05, 3.63) is 129 Å². The standard InChI is InChI=1S/C38H41Cl2N3O4S/c1-26-13-17-34(18-14-26)48(46,47)43(33-20-27(2)19-28(3)21-33)25-37(44)42(24-30-15-16-31(39)23-35(30)40)36(22-29-9-5-4-6-10-29)38(45)41-32-11-7-8-12-32/h4-6,9-10,13-21,23,32,36H,7-8,11-12,22,24-25H2,1-3H3,(H,41,45)/t36-/m1/s1. The van der Waals surface area contributed by atoms with Crippen LogP contribution in [0.1, 0.15) is 53.5 Å². The van der Waals surface area contributed by atoms with Gasteiger partial charge in [-0.1, -0.05) is 96.2 Å². The van der Waals surface area contributed by atoms with Crippen LogP contribution in [0.3, 0.4) is 0 Å². The molecule has 10 heteroatoms. The molecule has 0 aromatic heterocycles. The maximum absolute atomic E-state index is 14.8. The fourth-order valence-electron chi connectivity index (χ4n) is 6.22. The van der Waals surface area contributed by atoms with Crippen LogP contribution in [0.5, 0.6) is 0 Å². The van der Waals surface area contributed by atoms with Crippen LogP contribution in [0.15, 0.2) is 95.9 Å². The van der Waals surface area contributed by atoms with E-state index in [2.05, 4.69) is 5.32 Å². The Morgan fingerprint density at radius 2 is 1.48 bits per heavy atom. The van der Waals surface area contributed by atoms with Gasteiger partial charge in [-0.05, 0) is 92.3 Å². The van der Waals surface area contributed by atoms with Crippen molar-refractivity contribution in [2.45, 2.75) is 76.4 Å². The highest BCUT2D eigenvalue weighted by atomic mass is 35.5. The van der Waals surface area contributed by atoms with Crippen LogP contribution >= 0.6 is 23.2 Å². The molecule has 5 rings (SSSR count). The van der Waals surface area contributed by atoms with Crippen molar-refractivity contribution in [3.63, 3.8) is 0 Å². The minimum atomic E-state index is -4.20. The molecule has 4 aromatic carbocycles. The number of halogens is 2. The van der Waals surface area contributed by atoms with Gasteiger partial charge < -0.3 is 10.2 Å². The summed E-state index contributed by atoms with van der Waals surface area (Å²) in [4.78, 5) is 30.5. The zero-order valence-electron chi connectivity index (χ0n) is 27.5. The highest BCUT2D eigenvalue weighted by Crippen LogP contribution is 2.29. The number of hydrogen-bond donors (Lipinski definition) is 1. The Hall–Kier alpha value is -3.85. The fraction of sp³-hybridized carbons (Fsp3) is 0.316. The molecular formula is C38H41Cl2N3O4S. The van der Waals surface area contributed by atoms with Gasteiger partial charge in [0.1, 0.15) is 12.6 Å². The van der Waals surface area contributed by atoms with Crippen LogP contribution in [0.4, 0.5) is 5.69 Å². The molecule has 0 heterocycles. The molecule has 7 nitrogen and oxygen atoms in total. The van der Waals surface area contributed by atoms with E-state index >= 15 is 0 Å². The van der Waals surface area contributed by atoms with E-state index in [-0.39, 0.29) is 29.8 Å². The first-order valence-electron chi connectivity index (χ1n) is 16.2. The molecule has 1 atom stereocenters. The molecule has 2 amide bonds. The molecule has 1 N–H and O–H groups in total. The van der Waals surface area contributed by atoms with Crippen molar-refractivity contribution in [3.8, 4) is 0 Å². The van der Waals surface area contributed by atoms with E-state index in [0.717, 1.165) is 52.2 Å². The van der Waals surface area contributed by atoms with Crippen molar-refractivity contribution in [1.82, 2.24) is 10.2 Å². The van der Waals surface area contributed by atoms with Gasteiger partial charge in [-0.25, -0.2) is 8.42 Å². The number of sulfonamides is 1. The lowest BCUT2D eigenvalue weighted by atomic mass is 10.0. The summed E-state index contributed by atoms with van der Waals surface area (Å²) in [6.07, 6.45) is 4.02. The average molecular weight is 707 g/mol. The van der Waals surface area contributed by atoms with Gasteiger partial charge in [0.05, 0.1) is 10.6 Å². The Morgan fingerprint density at radius 3 is 2.10 bits per heavy atom. The molecule has 1 fully saturated rings. The van der Waals surface area contributed by atoms with Crippen LogP contribution in [0.2, 0.25) is 10.0 Å². The van der Waals surface area contributed by atoms with Gasteiger partial charge in [0, 0.05) is 29.1 Å². The minimum Gasteiger partial charge on any atom is -0.352 e. The second-order valence-corrected chi connectivity index (χ2v) is 15.3. The number of amides is 2. The van der Waals surface area contributed by atoms with Crippen molar-refractivity contribution in [2.75, 3.05) is 10.8 Å². The van der Waals surface area contributed by atoms with Crippen molar-refractivity contribution < 1.29 is 18.0 Å². The predicted octanol–water partition coefficient (Wildman–Crippen LogP) is 7.81. The van der Waals surface area contributed by atoms with Crippen LogP contribution < -0.4 is 9.62 Å². The second kappa shape index (κ2) is 15.6. The summed E-state index contributed by atoms with van der Waals surface area (Å²) in [5.74, 6) is -0.832. The third-order valence-corrected chi connectivity index (χ3v) is 11.1. The van der Waals surface area contributed by atoms with Gasteiger partial charge in [0.25, 0.3) is 10.0 Å². The molecule has 0 spiro atoms. The molecule has 4 aromatic rings. The number of rotatable bonds is 12. The molecule has 1 aliphatic rings. The fourth-order valence-corrected chi connectivity index (χ4v) is 8.08. The monoisotopic (exact) mass is 705 g/mol. The summed E-state index contributed by atoms with van der Waals surface area (Å²) in [5, 5.41) is 3.96. The van der Waals surface area contributed by atoms with E-state index < -0.39 is 28.5 Å². The third-order valence-electron chi connectivity index (χ3n) is 8.71. The van der Waals surface area contributed by atoms with E-state index in [1.165, 1.54) is 4.90 Å². The van der Waals surface area contributed by atoms with E-state index in [1.54, 1.807) is 54.6 Å². The summed E-state index contributed by atoms with van der Waals surface area (Å²) in [6, 6.07) is 25.6. The molecular weight excluding hydrogens is 665 g/mol. The van der Waals surface area contributed by atoms with Gasteiger partial charge in [0.2, 0.25) is 11.8 Å². The Kier molecular flexibility index (Phi) is 11.5. The summed E-state index contributed by atoms with van der Waals surface area (Å²) in [7, 11) is -4.20. The lowest BCUT2D eigenvalue weighted by Crippen LogP contribution is -2.54. The number of carbonyl (C=O) groups is 2. The summed E-state index contributed by atoms with van der Waals surface area (Å²) >= 11 is 12.8. The number of aryl methyl sites for hydroxylation is 3. The first-order valence-corrected chi connectivity index (χ1v) is 18.4. The van der Waals surface area contributed by atoms with Crippen LogP contribution in [-0.2, 0) is 32.6 Å². The lowest BCUT2D eigenvalue weighted by molar-refractivity contribution is -0.140. The zero-order valence-corrected chi connectivity index (χ0v) is 29.8. The van der Waals surface area contributed by atoms with Gasteiger partial charge in [0.15, 0.2) is 0 Å². The van der Waals surface area contributed by atoms with Crippen LogP contribution in [0, 0.1) is 20.8 Å². The topological polar surface area (TPSA) is 86.8 Å². The maximum atomic E-state index is 14.8. The number of benzene rings is 4. The van der Waals surface area contributed by atoms with Crippen molar-refractivity contribution in [2.24, 2.45) is 0 Å². The molecule has 0 saturated heterocycles. The lowest BCUT2D eigenvalue weighted by Gasteiger charge is -2.34. The molecule has 0 unspecified atom stereocenters. The van der Waals surface area contributed by atoms with E-state index in [4.69, 9.17) is 23.2 Å². The molecule has 1 aliphatic carbocycles. The van der Waals surface area contributed by atoms with Gasteiger partial charge in [-0.2, -0.15) is 0 Å². The van der Waals surface area contributed by atoms with E-state index in [1.807, 2.05) is 57.2 Å². The number of hydrogen-bond acceptors (Lipinski definition) is 4. The summed E-state index contributed by atoms with van der Waals surface area (Å²) < 4.78 is 29.8. The third kappa shape index (κ3) is 8.78. The Labute approximate surface area is 293 Å². The van der Waals surface area contributed by atoms with Crippen LogP contribution in [0.25, 0.3) is 0 Å². The minimum absolute atomic E-state index is 0.0144. The largest absolute Gasteiger partial charge is 0.352 e. The molecule has 0 radical (unpaired) electrons. The van der Waals surface area contributed by atoms with Gasteiger partial charge >= 0.3 is 0 Å². The normalized spacial score (nSPS) is 14.0. The number of carbonyl (C=O) groups excluding carboxylic acids is 2. The molecule has 0 bridgehead atoms. The Bertz CT molecular complexity index is 1840. The summed E-state index contributed by atoms with van der Waals surface area (Å²) in [5.41, 5.74) is 4.42. The Morgan fingerprint density at radius 1 is 0.833 bits per heavy atom. The molecule has 48 heavy (non-hydrogen) atoms. The summed E-state index contributed by atoms with van der Waals surface area (Å²) in [6.45, 7) is 5.08. The number of nitrogens with zero attached hydrogens (tertiary/aromatic N) is 2. The highest BCUT2D eigenvalue weighted by molar-refractivity contribution is 7.92. The quantitative estimate of drug-likeness (QED) is 0.163. The number of nitrogens with one attached hydrogen (secondary N) is 1. The predicted molar refractivity (Wildman–Crippen MR) is 193 cm³/mol. The van der Waals surface area contributed by atoms with E-state index in [0.29, 0.717) is 21.3 Å². The first-order chi connectivity index (χ1) is 22.9. The first kappa shape index (κ1) is 35.5. The van der Waals surface area contributed by atoms with E-state index in [9.17, 15) is 18.0 Å². The molecule has 1 saturated carbocycles. The smallest absolute Gasteiger partial charge is 0.264 e. The van der Waals surface area contributed by atoms with Crippen molar-refractivity contribution >= 4 is 50.7 Å². The van der Waals surface area contributed by atoms with Gasteiger partial charge in [-0.3, -0.25) is 13.9 Å². The van der Waals surface area contributed by atoms with Gasteiger partial charge in [-0.15, -0.1) is 0 Å². The molecule has 252 valence electrons. The number of anilines is 1. The highest BCUT2D eigenvalue weighted by Gasteiger charge is 2.36. The Balaban J connectivity index is 1.60. The molecule has 0 aliphatic heterocycles. The SMILES string of the molecule is Cc1ccc(S(=O)(=O)N(CC(=O)N(Cc2ccc(Cl)cc2Cl)[C@H](Cc2ccccc2)C(=O)NC2CCCC2)c2cc(C)cc(C)c2)cc1. The maximum Gasteiger partial charge on any atom is 0.264 e. The van der Waals surface area contributed by atoms with Crippen LogP contribution in [-0.4, -0.2) is 43.8 Å². The average Bonchev–Trinajstić information content (AvgIpc) is 3.55. The zero-order chi connectivity index (χ0) is 34.4. The second-order valence-electron chi connectivity index (χ2n) is 12.6.